The van der Waals surface area contributed by atoms with E-state index in [9.17, 15) is 12.8 Å². The standard InChI is InChI=1S/C10H10BrFN4O2S/c1-6(10-13-5-14-15-10)16-19(17,18)9-3-2-7(12)4-8(9)11/h2-6,16H,1H3,(H,13,14,15). The minimum Gasteiger partial charge on any atom is -0.262 e. The van der Waals surface area contributed by atoms with Crippen molar-refractivity contribution in [3.63, 3.8) is 0 Å². The average molecular weight is 349 g/mol. The lowest BCUT2D eigenvalue weighted by molar-refractivity contribution is 0.559. The molecule has 2 N–H and O–H groups in total. The smallest absolute Gasteiger partial charge is 0.242 e. The minimum atomic E-state index is -3.78. The fourth-order valence-corrected chi connectivity index (χ4v) is 3.73. The number of halogens is 2. The largest absolute Gasteiger partial charge is 0.262 e. The van der Waals surface area contributed by atoms with E-state index in [1.54, 1.807) is 6.92 Å². The molecule has 0 saturated heterocycles. The third-order valence-corrected chi connectivity index (χ3v) is 4.88. The van der Waals surface area contributed by atoms with Crippen LogP contribution in [0.25, 0.3) is 0 Å². The van der Waals surface area contributed by atoms with Crippen molar-refractivity contribution < 1.29 is 12.8 Å². The number of sulfonamides is 1. The lowest BCUT2D eigenvalue weighted by atomic mass is 10.3. The van der Waals surface area contributed by atoms with Gasteiger partial charge in [0.25, 0.3) is 0 Å². The molecule has 1 heterocycles. The predicted octanol–water partition coefficient (Wildman–Crippen LogP) is 1.75. The van der Waals surface area contributed by atoms with Crippen LogP contribution in [0.5, 0.6) is 0 Å². The zero-order chi connectivity index (χ0) is 14.0. The molecule has 0 bridgehead atoms. The number of hydrogen-bond acceptors (Lipinski definition) is 4. The number of aromatic amines is 1. The molecule has 19 heavy (non-hydrogen) atoms. The summed E-state index contributed by atoms with van der Waals surface area (Å²) in [5.41, 5.74) is 0. The highest BCUT2D eigenvalue weighted by Gasteiger charge is 2.22. The molecule has 0 radical (unpaired) electrons. The Kier molecular flexibility index (Phi) is 3.97. The Morgan fingerprint density at radius 2 is 2.21 bits per heavy atom. The second kappa shape index (κ2) is 5.35. The first kappa shape index (κ1) is 14.1. The van der Waals surface area contributed by atoms with Gasteiger partial charge >= 0.3 is 0 Å². The second-order valence-electron chi connectivity index (χ2n) is 3.79. The predicted molar refractivity (Wildman–Crippen MR) is 69.2 cm³/mol. The molecule has 0 spiro atoms. The molecule has 0 amide bonds. The normalized spacial score (nSPS) is 13.4. The maximum absolute atomic E-state index is 13.0. The number of nitrogens with one attached hydrogen (secondary N) is 2. The van der Waals surface area contributed by atoms with E-state index in [1.807, 2.05) is 0 Å². The van der Waals surface area contributed by atoms with Crippen LogP contribution in [0.2, 0.25) is 0 Å². The quantitative estimate of drug-likeness (QED) is 0.880. The van der Waals surface area contributed by atoms with Gasteiger partial charge in [0.05, 0.1) is 10.9 Å². The maximum Gasteiger partial charge on any atom is 0.242 e. The van der Waals surface area contributed by atoms with Crippen molar-refractivity contribution in [1.29, 1.82) is 0 Å². The van der Waals surface area contributed by atoms with Gasteiger partial charge < -0.3 is 0 Å². The number of hydrogen-bond donors (Lipinski definition) is 2. The summed E-state index contributed by atoms with van der Waals surface area (Å²) >= 11 is 3.03. The first-order valence-electron chi connectivity index (χ1n) is 5.23. The van der Waals surface area contributed by atoms with Gasteiger partial charge in [0.1, 0.15) is 18.0 Å². The minimum absolute atomic E-state index is 0.0414. The first-order valence-corrected chi connectivity index (χ1v) is 7.50. The molecule has 9 heteroatoms. The second-order valence-corrected chi connectivity index (χ2v) is 6.33. The average Bonchev–Trinajstić information content (AvgIpc) is 2.80. The van der Waals surface area contributed by atoms with E-state index < -0.39 is 21.9 Å². The van der Waals surface area contributed by atoms with Gasteiger partial charge in [0.2, 0.25) is 10.0 Å². The summed E-state index contributed by atoms with van der Waals surface area (Å²) in [6, 6.07) is 2.78. The number of rotatable bonds is 4. The maximum atomic E-state index is 13.0. The number of benzene rings is 1. The van der Waals surface area contributed by atoms with Crippen LogP contribution in [-0.4, -0.2) is 23.6 Å². The Labute approximate surface area is 117 Å². The van der Waals surface area contributed by atoms with Gasteiger partial charge in [-0.1, -0.05) is 0 Å². The van der Waals surface area contributed by atoms with Crippen LogP contribution >= 0.6 is 15.9 Å². The van der Waals surface area contributed by atoms with Crippen LogP contribution in [0, 0.1) is 5.82 Å². The monoisotopic (exact) mass is 348 g/mol. The highest BCUT2D eigenvalue weighted by atomic mass is 79.9. The van der Waals surface area contributed by atoms with Crippen LogP contribution in [0.4, 0.5) is 4.39 Å². The Balaban J connectivity index is 2.28. The number of aromatic nitrogens is 3. The van der Waals surface area contributed by atoms with Crippen molar-refractivity contribution in [2.24, 2.45) is 0 Å². The zero-order valence-electron chi connectivity index (χ0n) is 9.76. The van der Waals surface area contributed by atoms with E-state index in [0.717, 1.165) is 12.1 Å². The van der Waals surface area contributed by atoms with Crippen molar-refractivity contribution in [1.82, 2.24) is 19.9 Å². The van der Waals surface area contributed by atoms with Crippen molar-refractivity contribution >= 4 is 26.0 Å². The molecule has 6 nitrogen and oxygen atoms in total. The van der Waals surface area contributed by atoms with Gasteiger partial charge in [-0.05, 0) is 41.1 Å². The lowest BCUT2D eigenvalue weighted by Gasteiger charge is -2.12. The summed E-state index contributed by atoms with van der Waals surface area (Å²) < 4.78 is 39.8. The first-order chi connectivity index (χ1) is 8.90. The SMILES string of the molecule is CC(NS(=O)(=O)c1ccc(F)cc1Br)c1ncn[nH]1. The van der Waals surface area contributed by atoms with Crippen LogP contribution < -0.4 is 4.72 Å². The Hall–Kier alpha value is -1.32. The Morgan fingerprint density at radius 1 is 1.47 bits per heavy atom. The molecule has 1 aromatic heterocycles. The van der Waals surface area contributed by atoms with Gasteiger partial charge in [-0.15, -0.1) is 0 Å². The topological polar surface area (TPSA) is 87.7 Å². The Bertz CT molecular complexity index is 675. The van der Waals surface area contributed by atoms with E-state index in [2.05, 4.69) is 35.8 Å². The van der Waals surface area contributed by atoms with Crippen molar-refractivity contribution in [2.45, 2.75) is 17.9 Å². The van der Waals surface area contributed by atoms with Gasteiger partial charge in [0.15, 0.2) is 0 Å². The summed E-state index contributed by atoms with van der Waals surface area (Å²) in [6.45, 7) is 1.62. The molecule has 0 aliphatic rings. The van der Waals surface area contributed by atoms with Gasteiger partial charge in [-0.2, -0.15) is 5.10 Å². The number of nitrogens with zero attached hydrogens (tertiary/aromatic N) is 2. The molecule has 0 saturated carbocycles. The Morgan fingerprint density at radius 3 is 2.79 bits per heavy atom. The summed E-state index contributed by atoms with van der Waals surface area (Å²) in [5.74, 6) is -0.129. The van der Waals surface area contributed by atoms with Crippen molar-refractivity contribution in [3.8, 4) is 0 Å². The molecule has 2 aromatic rings. The zero-order valence-corrected chi connectivity index (χ0v) is 12.2. The molecule has 1 aromatic carbocycles. The summed E-state index contributed by atoms with van der Waals surface area (Å²) in [5, 5.41) is 6.22. The van der Waals surface area contributed by atoms with Gasteiger partial charge in [0, 0.05) is 4.47 Å². The summed E-state index contributed by atoms with van der Waals surface area (Å²) in [7, 11) is -3.78. The van der Waals surface area contributed by atoms with Crippen LogP contribution in [0.3, 0.4) is 0 Å². The van der Waals surface area contributed by atoms with E-state index in [0.29, 0.717) is 5.82 Å². The molecule has 0 aliphatic heterocycles. The number of H-pyrrole nitrogens is 1. The highest BCUT2D eigenvalue weighted by molar-refractivity contribution is 9.10. The van der Waals surface area contributed by atoms with Crippen LogP contribution in [0.1, 0.15) is 18.8 Å². The molecule has 0 aliphatic carbocycles. The molecule has 102 valence electrons. The summed E-state index contributed by atoms with van der Waals surface area (Å²) in [4.78, 5) is 3.82. The fourth-order valence-electron chi connectivity index (χ4n) is 1.47. The van der Waals surface area contributed by atoms with Crippen molar-refractivity contribution in [2.75, 3.05) is 0 Å². The molecular weight excluding hydrogens is 339 g/mol. The molecule has 1 unspecified atom stereocenters. The summed E-state index contributed by atoms with van der Waals surface area (Å²) in [6.07, 6.45) is 1.29. The van der Waals surface area contributed by atoms with Gasteiger partial charge in [-0.3, -0.25) is 5.10 Å². The third kappa shape index (κ3) is 3.17. The lowest BCUT2D eigenvalue weighted by Crippen LogP contribution is -2.28. The molecule has 2 rings (SSSR count). The van der Waals surface area contributed by atoms with E-state index in [-0.39, 0.29) is 9.37 Å². The van der Waals surface area contributed by atoms with Crippen molar-refractivity contribution in [3.05, 3.63) is 40.6 Å². The molecule has 0 fully saturated rings. The fraction of sp³-hybridized carbons (Fsp3) is 0.200. The van der Waals surface area contributed by atoms with E-state index >= 15 is 0 Å². The molecule has 1 atom stereocenters. The van der Waals surface area contributed by atoms with Crippen LogP contribution in [0.15, 0.2) is 33.9 Å². The van der Waals surface area contributed by atoms with E-state index in [1.165, 1.54) is 12.4 Å². The highest BCUT2D eigenvalue weighted by Crippen LogP contribution is 2.24. The van der Waals surface area contributed by atoms with Crippen LogP contribution in [-0.2, 0) is 10.0 Å². The molecular formula is C10H10BrFN4O2S. The third-order valence-electron chi connectivity index (χ3n) is 2.36. The van der Waals surface area contributed by atoms with E-state index in [4.69, 9.17) is 0 Å². The van der Waals surface area contributed by atoms with Gasteiger partial charge in [-0.25, -0.2) is 22.5 Å².